The molecule has 3 nitrogen and oxygen atoms in total. The lowest BCUT2D eigenvalue weighted by Crippen LogP contribution is -1.91. The molecule has 98 valence electrons. The van der Waals surface area contributed by atoms with Gasteiger partial charge < -0.3 is 4.74 Å². The molecule has 3 rings (SSSR count). The van der Waals surface area contributed by atoms with E-state index in [0.717, 1.165) is 16.2 Å². The normalized spacial score (nSPS) is 11.1. The number of aromatic nitrogens is 2. The third-order valence-electron chi connectivity index (χ3n) is 2.74. The lowest BCUT2D eigenvalue weighted by atomic mass is 10.2. The minimum Gasteiger partial charge on any atom is -0.436 e. The largest absolute Gasteiger partial charge is 0.436 e. The highest BCUT2D eigenvalue weighted by molar-refractivity contribution is 9.08. The van der Waals surface area contributed by atoms with E-state index in [9.17, 15) is 0 Å². The number of fused-ring (bicyclic) bond motifs is 1. The van der Waals surface area contributed by atoms with E-state index in [-0.39, 0.29) is 0 Å². The van der Waals surface area contributed by atoms with Crippen LogP contribution in [0.25, 0.3) is 4.96 Å². The van der Waals surface area contributed by atoms with Crippen LogP contribution in [-0.4, -0.2) is 9.38 Å². The van der Waals surface area contributed by atoms with Crippen LogP contribution < -0.4 is 4.74 Å². The van der Waals surface area contributed by atoms with Crippen LogP contribution in [0.3, 0.4) is 0 Å². The first-order valence-corrected chi connectivity index (χ1v) is 8.01. The second kappa shape index (κ2) is 5.15. The maximum Gasteiger partial charge on any atom is 0.243 e. The third-order valence-corrected chi connectivity index (χ3v) is 4.33. The van der Waals surface area contributed by atoms with E-state index in [2.05, 4.69) is 20.9 Å². The van der Waals surface area contributed by atoms with Crippen LogP contribution in [0.1, 0.15) is 11.3 Å². The molecule has 0 radical (unpaired) electrons. The fourth-order valence-corrected chi connectivity index (χ4v) is 3.32. The Morgan fingerprint density at radius 3 is 3.05 bits per heavy atom. The number of benzene rings is 1. The van der Waals surface area contributed by atoms with Gasteiger partial charge in [0.25, 0.3) is 0 Å². The van der Waals surface area contributed by atoms with E-state index >= 15 is 0 Å². The summed E-state index contributed by atoms with van der Waals surface area (Å²) in [6, 6.07) is 5.71. The molecular weight excluding hydrogens is 348 g/mol. The van der Waals surface area contributed by atoms with Crippen molar-refractivity contribution in [2.45, 2.75) is 12.3 Å². The molecule has 1 aromatic carbocycles. The summed E-state index contributed by atoms with van der Waals surface area (Å²) in [6.07, 6.45) is 1.98. The first-order valence-electron chi connectivity index (χ1n) is 5.63. The Kier molecular flexibility index (Phi) is 3.52. The van der Waals surface area contributed by atoms with Gasteiger partial charge in [0.05, 0.1) is 10.7 Å². The number of hydrogen-bond acceptors (Lipinski definition) is 3. The van der Waals surface area contributed by atoms with Gasteiger partial charge in [-0.05, 0) is 24.6 Å². The average Bonchev–Trinajstić information content (AvgIpc) is 2.92. The first-order chi connectivity index (χ1) is 9.19. The topological polar surface area (TPSA) is 26.5 Å². The number of ether oxygens (including phenoxy) is 1. The van der Waals surface area contributed by atoms with Gasteiger partial charge in [0.2, 0.25) is 5.88 Å². The van der Waals surface area contributed by atoms with Crippen LogP contribution in [0.2, 0.25) is 5.02 Å². The minimum absolute atomic E-state index is 0.592. The van der Waals surface area contributed by atoms with Crippen LogP contribution in [0.4, 0.5) is 0 Å². The van der Waals surface area contributed by atoms with E-state index in [0.29, 0.717) is 22.0 Å². The van der Waals surface area contributed by atoms with Crippen molar-refractivity contribution in [3.8, 4) is 11.6 Å². The standard InChI is InChI=1S/C13H10BrClN2OS/c1-8-2-3-11(9(15)6-8)18-12-10(7-14)17-4-5-19-13(17)16-12/h2-6H,7H2,1H3. The number of nitrogens with zero attached hydrogens (tertiary/aromatic N) is 2. The number of thiazole rings is 1. The van der Waals surface area contributed by atoms with Gasteiger partial charge in [0.15, 0.2) is 4.96 Å². The number of aryl methyl sites for hydroxylation is 1. The average molecular weight is 358 g/mol. The molecule has 0 amide bonds. The van der Waals surface area contributed by atoms with E-state index in [1.165, 1.54) is 0 Å². The quantitative estimate of drug-likeness (QED) is 0.614. The molecule has 0 aliphatic rings. The van der Waals surface area contributed by atoms with Gasteiger partial charge in [-0.15, -0.1) is 11.3 Å². The molecule has 0 aliphatic heterocycles. The van der Waals surface area contributed by atoms with Crippen molar-refractivity contribution in [3.63, 3.8) is 0 Å². The smallest absolute Gasteiger partial charge is 0.243 e. The van der Waals surface area contributed by atoms with Crippen molar-refractivity contribution in [1.29, 1.82) is 0 Å². The number of alkyl halides is 1. The van der Waals surface area contributed by atoms with Crippen LogP contribution in [0.5, 0.6) is 11.6 Å². The summed E-state index contributed by atoms with van der Waals surface area (Å²) in [7, 11) is 0. The summed E-state index contributed by atoms with van der Waals surface area (Å²) >= 11 is 11.2. The van der Waals surface area contributed by atoms with Crippen LogP contribution >= 0.6 is 38.9 Å². The van der Waals surface area contributed by atoms with Gasteiger partial charge in [-0.25, -0.2) is 0 Å². The predicted octanol–water partition coefficient (Wildman–Crippen LogP) is 5.04. The Morgan fingerprint density at radius 1 is 1.47 bits per heavy atom. The van der Waals surface area contributed by atoms with Gasteiger partial charge in [-0.3, -0.25) is 4.40 Å². The van der Waals surface area contributed by atoms with Gasteiger partial charge >= 0.3 is 0 Å². The molecule has 0 atom stereocenters. The number of halogens is 2. The highest BCUT2D eigenvalue weighted by atomic mass is 79.9. The van der Waals surface area contributed by atoms with Gasteiger partial charge in [0.1, 0.15) is 5.75 Å². The highest BCUT2D eigenvalue weighted by Gasteiger charge is 2.15. The molecule has 0 aliphatic carbocycles. The Balaban J connectivity index is 2.02. The van der Waals surface area contributed by atoms with Crippen molar-refractivity contribution < 1.29 is 4.74 Å². The molecule has 0 N–H and O–H groups in total. The third kappa shape index (κ3) is 2.38. The fourth-order valence-electron chi connectivity index (χ4n) is 1.81. The van der Waals surface area contributed by atoms with E-state index in [1.807, 2.05) is 41.1 Å². The lowest BCUT2D eigenvalue weighted by molar-refractivity contribution is 0.462. The molecule has 0 saturated carbocycles. The van der Waals surface area contributed by atoms with Crippen LogP contribution in [0, 0.1) is 6.92 Å². The number of rotatable bonds is 3. The molecule has 3 aromatic rings. The summed E-state index contributed by atoms with van der Waals surface area (Å²) in [5.41, 5.74) is 2.08. The summed E-state index contributed by atoms with van der Waals surface area (Å²) < 4.78 is 7.85. The summed E-state index contributed by atoms with van der Waals surface area (Å²) in [6.45, 7) is 1.99. The minimum atomic E-state index is 0.592. The molecule has 0 unspecified atom stereocenters. The van der Waals surface area contributed by atoms with Crippen molar-refractivity contribution in [1.82, 2.24) is 9.38 Å². The summed E-state index contributed by atoms with van der Waals surface area (Å²) in [5, 5.41) is 3.26. The van der Waals surface area contributed by atoms with Gasteiger partial charge in [-0.2, -0.15) is 4.98 Å². The summed E-state index contributed by atoms with van der Waals surface area (Å²) in [5.74, 6) is 1.22. The first kappa shape index (κ1) is 13.0. The fraction of sp³-hybridized carbons (Fsp3) is 0.154. The Hall–Kier alpha value is -1.04. The SMILES string of the molecule is Cc1ccc(Oc2nc3sccn3c2CBr)c(Cl)c1. The van der Waals surface area contributed by atoms with E-state index in [1.54, 1.807) is 11.3 Å². The molecule has 0 bridgehead atoms. The van der Waals surface area contributed by atoms with Crippen molar-refractivity contribution in [2.75, 3.05) is 0 Å². The lowest BCUT2D eigenvalue weighted by Gasteiger charge is -2.07. The van der Waals surface area contributed by atoms with Crippen LogP contribution in [0.15, 0.2) is 29.8 Å². The molecular formula is C13H10BrClN2OS. The zero-order chi connectivity index (χ0) is 13.4. The number of imidazole rings is 1. The Bertz CT molecular complexity index is 737. The molecule has 2 heterocycles. The monoisotopic (exact) mass is 356 g/mol. The maximum absolute atomic E-state index is 6.18. The van der Waals surface area contributed by atoms with Gasteiger partial charge in [-0.1, -0.05) is 33.6 Å². The predicted molar refractivity (Wildman–Crippen MR) is 82.0 cm³/mol. The molecule has 6 heteroatoms. The van der Waals surface area contributed by atoms with Crippen molar-refractivity contribution in [3.05, 3.63) is 46.1 Å². The second-order valence-electron chi connectivity index (χ2n) is 4.09. The second-order valence-corrected chi connectivity index (χ2v) is 5.93. The zero-order valence-electron chi connectivity index (χ0n) is 10.1. The highest BCUT2D eigenvalue weighted by Crippen LogP contribution is 2.33. The van der Waals surface area contributed by atoms with E-state index < -0.39 is 0 Å². The number of hydrogen-bond donors (Lipinski definition) is 0. The maximum atomic E-state index is 6.18. The van der Waals surface area contributed by atoms with E-state index in [4.69, 9.17) is 16.3 Å². The van der Waals surface area contributed by atoms with Gasteiger partial charge in [0, 0.05) is 16.9 Å². The Morgan fingerprint density at radius 2 is 2.32 bits per heavy atom. The molecule has 0 spiro atoms. The molecule has 0 saturated heterocycles. The molecule has 2 aromatic heterocycles. The van der Waals surface area contributed by atoms with Crippen molar-refractivity contribution >= 4 is 43.8 Å². The molecule has 19 heavy (non-hydrogen) atoms. The zero-order valence-corrected chi connectivity index (χ0v) is 13.2. The summed E-state index contributed by atoms with van der Waals surface area (Å²) in [4.78, 5) is 5.38. The molecule has 0 fully saturated rings. The van der Waals surface area contributed by atoms with Crippen molar-refractivity contribution in [2.24, 2.45) is 0 Å². The Labute approximate surface area is 127 Å². The van der Waals surface area contributed by atoms with Crippen LogP contribution in [-0.2, 0) is 5.33 Å².